The molecule has 2 rings (SSSR count). The molecule has 1 heterocycles. The average molecular weight is 235 g/mol. The zero-order valence-corrected chi connectivity index (χ0v) is 9.13. The maximum Gasteiger partial charge on any atom is 0.171 e. The number of halogens is 1. The molecule has 0 spiro atoms. The van der Waals surface area contributed by atoms with E-state index in [0.29, 0.717) is 18.4 Å². The smallest absolute Gasteiger partial charge is 0.171 e. The number of aromatic nitrogens is 3. The molecule has 6 heteroatoms. The molecule has 1 aromatic heterocycles. The van der Waals surface area contributed by atoms with Crippen LogP contribution < -0.4 is 4.74 Å². The first-order valence-corrected chi connectivity index (χ1v) is 4.90. The highest BCUT2D eigenvalue weighted by Crippen LogP contribution is 2.18. The summed E-state index contributed by atoms with van der Waals surface area (Å²) >= 11 is 0. The number of aldehydes is 1. The van der Waals surface area contributed by atoms with Gasteiger partial charge in [-0.2, -0.15) is 0 Å². The predicted octanol–water partition coefficient (Wildman–Crippen LogP) is 1.29. The Balaban J connectivity index is 2.18. The van der Waals surface area contributed by atoms with Gasteiger partial charge in [0.1, 0.15) is 5.69 Å². The van der Waals surface area contributed by atoms with Gasteiger partial charge in [0.15, 0.2) is 17.9 Å². The molecule has 17 heavy (non-hydrogen) atoms. The molecule has 5 nitrogen and oxygen atoms in total. The average Bonchev–Trinajstić information content (AvgIpc) is 2.77. The first-order chi connectivity index (χ1) is 8.22. The van der Waals surface area contributed by atoms with E-state index < -0.39 is 5.82 Å². The Kier molecular flexibility index (Phi) is 3.13. The summed E-state index contributed by atoms with van der Waals surface area (Å²) in [5.41, 5.74) is 0.963. The van der Waals surface area contributed by atoms with Gasteiger partial charge in [-0.3, -0.25) is 4.79 Å². The number of methoxy groups -OCH3 is 1. The second-order valence-electron chi connectivity index (χ2n) is 3.43. The highest BCUT2D eigenvalue weighted by molar-refractivity contribution is 5.70. The van der Waals surface area contributed by atoms with Crippen LogP contribution in [0.2, 0.25) is 0 Å². The van der Waals surface area contributed by atoms with Gasteiger partial charge in [0, 0.05) is 0 Å². The summed E-state index contributed by atoms with van der Waals surface area (Å²) in [4.78, 5) is 10.4. The van der Waals surface area contributed by atoms with E-state index >= 15 is 0 Å². The SMILES string of the molecule is COc1ccc(Cn2cc(C=O)nn2)cc1F. The van der Waals surface area contributed by atoms with Crippen LogP contribution >= 0.6 is 0 Å². The van der Waals surface area contributed by atoms with E-state index in [1.807, 2.05) is 0 Å². The van der Waals surface area contributed by atoms with Crippen molar-refractivity contribution in [1.82, 2.24) is 15.0 Å². The fourth-order valence-electron chi connectivity index (χ4n) is 1.44. The standard InChI is InChI=1S/C11H10FN3O2/c1-17-11-3-2-8(4-10(11)12)5-15-6-9(7-16)13-14-15/h2-4,6-7H,5H2,1H3. The zero-order chi connectivity index (χ0) is 12.3. The second kappa shape index (κ2) is 4.73. The number of nitrogens with zero attached hydrogens (tertiary/aromatic N) is 3. The normalized spacial score (nSPS) is 10.2. The molecule has 0 atom stereocenters. The van der Waals surface area contributed by atoms with Crippen LogP contribution in [-0.2, 0) is 6.54 Å². The third-order valence-electron chi connectivity index (χ3n) is 2.24. The Hall–Kier alpha value is -2.24. The highest BCUT2D eigenvalue weighted by atomic mass is 19.1. The Labute approximate surface area is 96.8 Å². The second-order valence-corrected chi connectivity index (χ2v) is 3.43. The highest BCUT2D eigenvalue weighted by Gasteiger charge is 2.05. The van der Waals surface area contributed by atoms with Crippen molar-refractivity contribution in [2.45, 2.75) is 6.54 Å². The first-order valence-electron chi connectivity index (χ1n) is 4.90. The monoisotopic (exact) mass is 235 g/mol. The summed E-state index contributed by atoms with van der Waals surface area (Å²) in [6.45, 7) is 0.349. The van der Waals surface area contributed by atoms with Crippen LogP contribution in [0.3, 0.4) is 0 Å². The van der Waals surface area contributed by atoms with Gasteiger partial charge in [-0.05, 0) is 17.7 Å². The summed E-state index contributed by atoms with van der Waals surface area (Å²) in [6.07, 6.45) is 2.10. The van der Waals surface area contributed by atoms with Crippen molar-refractivity contribution in [3.63, 3.8) is 0 Å². The van der Waals surface area contributed by atoms with Crippen LogP contribution in [0.25, 0.3) is 0 Å². The molecule has 0 aliphatic heterocycles. The van der Waals surface area contributed by atoms with Crippen molar-refractivity contribution in [3.05, 3.63) is 41.5 Å². The minimum absolute atomic E-state index is 0.195. The number of hydrogen-bond acceptors (Lipinski definition) is 4. The van der Waals surface area contributed by atoms with Crippen LogP contribution in [0.5, 0.6) is 5.75 Å². The molecule has 0 bridgehead atoms. The van der Waals surface area contributed by atoms with Crippen LogP contribution in [0.4, 0.5) is 4.39 Å². The van der Waals surface area contributed by atoms with Crippen molar-refractivity contribution < 1.29 is 13.9 Å². The minimum Gasteiger partial charge on any atom is -0.494 e. The molecule has 0 saturated carbocycles. The number of carbonyl (C=O) groups is 1. The Bertz CT molecular complexity index is 539. The maximum absolute atomic E-state index is 13.4. The van der Waals surface area contributed by atoms with Crippen LogP contribution in [-0.4, -0.2) is 28.4 Å². The van der Waals surface area contributed by atoms with Crippen molar-refractivity contribution in [2.75, 3.05) is 7.11 Å². The topological polar surface area (TPSA) is 57.0 Å². The molecule has 0 saturated heterocycles. The van der Waals surface area contributed by atoms with Gasteiger partial charge in [0.25, 0.3) is 0 Å². The number of rotatable bonds is 4. The number of benzene rings is 1. The number of hydrogen-bond donors (Lipinski definition) is 0. The van der Waals surface area contributed by atoms with E-state index in [-0.39, 0.29) is 11.4 Å². The molecule has 0 aliphatic rings. The van der Waals surface area contributed by atoms with E-state index in [9.17, 15) is 9.18 Å². The summed E-state index contributed by atoms with van der Waals surface area (Å²) in [7, 11) is 1.41. The number of ether oxygens (including phenoxy) is 1. The molecule has 0 N–H and O–H groups in total. The lowest BCUT2D eigenvalue weighted by Crippen LogP contribution is -2.01. The van der Waals surface area contributed by atoms with E-state index in [0.717, 1.165) is 0 Å². The maximum atomic E-state index is 13.4. The molecule has 0 aliphatic carbocycles. The fourth-order valence-corrected chi connectivity index (χ4v) is 1.44. The van der Waals surface area contributed by atoms with Crippen LogP contribution in [0.15, 0.2) is 24.4 Å². The van der Waals surface area contributed by atoms with Crippen molar-refractivity contribution in [3.8, 4) is 5.75 Å². The van der Waals surface area contributed by atoms with Crippen LogP contribution in [0.1, 0.15) is 16.1 Å². The Morgan fingerprint density at radius 1 is 1.53 bits per heavy atom. The largest absolute Gasteiger partial charge is 0.494 e. The molecule has 0 radical (unpaired) electrons. The summed E-state index contributed by atoms with van der Waals surface area (Å²) in [6, 6.07) is 4.63. The molecule has 0 unspecified atom stereocenters. The molecule has 88 valence electrons. The van der Waals surface area contributed by atoms with E-state index in [4.69, 9.17) is 4.74 Å². The van der Waals surface area contributed by atoms with Gasteiger partial charge in [-0.25, -0.2) is 9.07 Å². The first kappa shape index (κ1) is 11.3. The lowest BCUT2D eigenvalue weighted by atomic mass is 10.2. The molecule has 1 aromatic carbocycles. The lowest BCUT2D eigenvalue weighted by molar-refractivity contribution is 0.111. The van der Waals surface area contributed by atoms with Gasteiger partial charge in [-0.1, -0.05) is 11.3 Å². The van der Waals surface area contributed by atoms with Gasteiger partial charge in [0.2, 0.25) is 0 Å². The molecular weight excluding hydrogens is 225 g/mol. The zero-order valence-electron chi connectivity index (χ0n) is 9.13. The fraction of sp³-hybridized carbons (Fsp3) is 0.182. The lowest BCUT2D eigenvalue weighted by Gasteiger charge is -2.04. The van der Waals surface area contributed by atoms with E-state index in [2.05, 4.69) is 10.3 Å². The van der Waals surface area contributed by atoms with Gasteiger partial charge < -0.3 is 4.74 Å². The van der Waals surface area contributed by atoms with E-state index in [1.54, 1.807) is 12.1 Å². The van der Waals surface area contributed by atoms with Crippen LogP contribution in [0, 0.1) is 5.82 Å². The third kappa shape index (κ3) is 2.47. The van der Waals surface area contributed by atoms with E-state index in [1.165, 1.54) is 24.1 Å². The summed E-state index contributed by atoms with van der Waals surface area (Å²) in [5, 5.41) is 7.35. The van der Waals surface area contributed by atoms with Gasteiger partial charge >= 0.3 is 0 Å². The summed E-state index contributed by atoms with van der Waals surface area (Å²) in [5.74, 6) is -0.235. The Morgan fingerprint density at radius 2 is 2.35 bits per heavy atom. The quantitative estimate of drug-likeness (QED) is 0.749. The van der Waals surface area contributed by atoms with Gasteiger partial charge in [-0.15, -0.1) is 5.10 Å². The van der Waals surface area contributed by atoms with Crippen molar-refractivity contribution >= 4 is 6.29 Å². The predicted molar refractivity (Wildman–Crippen MR) is 57.5 cm³/mol. The minimum atomic E-state index is -0.430. The Morgan fingerprint density at radius 3 is 2.94 bits per heavy atom. The third-order valence-corrected chi connectivity index (χ3v) is 2.24. The summed E-state index contributed by atoms with van der Waals surface area (Å²) < 4.78 is 19.7. The van der Waals surface area contributed by atoms with Gasteiger partial charge in [0.05, 0.1) is 19.9 Å². The molecular formula is C11H10FN3O2. The van der Waals surface area contributed by atoms with Crippen molar-refractivity contribution in [2.24, 2.45) is 0 Å². The molecule has 0 fully saturated rings. The number of carbonyl (C=O) groups excluding carboxylic acids is 1. The van der Waals surface area contributed by atoms with Crippen molar-refractivity contribution in [1.29, 1.82) is 0 Å². The molecule has 2 aromatic rings. The molecule has 0 amide bonds.